The van der Waals surface area contributed by atoms with Gasteiger partial charge in [-0.05, 0) is 126 Å². The van der Waals surface area contributed by atoms with Crippen LogP contribution in [0.3, 0.4) is 0 Å². The highest BCUT2D eigenvalue weighted by molar-refractivity contribution is 6.21. The van der Waals surface area contributed by atoms with Gasteiger partial charge in [-0.15, -0.1) is 0 Å². The highest BCUT2D eigenvalue weighted by Gasteiger charge is 2.18. The average molecular weight is 740 g/mol. The number of nitrogens with zero attached hydrogens (tertiary/aromatic N) is 1. The lowest BCUT2D eigenvalue weighted by Gasteiger charge is -2.26. The zero-order valence-corrected chi connectivity index (χ0v) is 32.4. The van der Waals surface area contributed by atoms with Gasteiger partial charge in [0.15, 0.2) is 0 Å². The molecular formula is C57H41N. The van der Waals surface area contributed by atoms with Gasteiger partial charge in [0, 0.05) is 17.1 Å². The molecule has 58 heavy (non-hydrogen) atoms. The largest absolute Gasteiger partial charge is 0.310 e. The van der Waals surface area contributed by atoms with Gasteiger partial charge in [-0.3, -0.25) is 0 Å². The van der Waals surface area contributed by atoms with Gasteiger partial charge in [-0.1, -0.05) is 194 Å². The van der Waals surface area contributed by atoms with E-state index < -0.39 is 0 Å². The molecule has 10 rings (SSSR count). The van der Waals surface area contributed by atoms with Gasteiger partial charge in [0.05, 0.1) is 0 Å². The van der Waals surface area contributed by atoms with Crippen LogP contribution in [-0.4, -0.2) is 0 Å². The first-order valence-corrected chi connectivity index (χ1v) is 20.0. The van der Waals surface area contributed by atoms with Crippen LogP contribution in [0.4, 0.5) is 17.1 Å². The van der Waals surface area contributed by atoms with Crippen molar-refractivity contribution in [3.8, 4) is 33.4 Å². The van der Waals surface area contributed by atoms with E-state index in [9.17, 15) is 0 Å². The predicted octanol–water partition coefficient (Wildman–Crippen LogP) is 16.1. The third-order valence-electron chi connectivity index (χ3n) is 11.3. The number of hydrogen-bond donors (Lipinski definition) is 0. The third-order valence-corrected chi connectivity index (χ3v) is 11.3. The van der Waals surface area contributed by atoms with Crippen molar-refractivity contribution in [2.75, 3.05) is 4.90 Å². The lowest BCUT2D eigenvalue weighted by molar-refractivity contribution is 1.27. The van der Waals surface area contributed by atoms with Gasteiger partial charge in [-0.2, -0.15) is 0 Å². The number of anilines is 3. The Hall–Kier alpha value is -7.48. The Kier molecular flexibility index (Phi) is 9.18. The van der Waals surface area contributed by atoms with Crippen LogP contribution in [0.25, 0.3) is 77.9 Å². The molecule has 0 aliphatic carbocycles. The van der Waals surface area contributed by atoms with Gasteiger partial charge in [-0.25, -0.2) is 0 Å². The molecule has 0 aliphatic rings. The summed E-state index contributed by atoms with van der Waals surface area (Å²) in [6.07, 6.45) is 4.48. The van der Waals surface area contributed by atoms with E-state index in [2.05, 4.69) is 242 Å². The van der Waals surface area contributed by atoms with Crippen LogP contribution in [0.5, 0.6) is 0 Å². The van der Waals surface area contributed by atoms with Crippen molar-refractivity contribution >= 4 is 61.5 Å². The van der Waals surface area contributed by atoms with Gasteiger partial charge in [0.25, 0.3) is 0 Å². The third kappa shape index (κ3) is 6.53. The molecule has 0 atom stereocenters. The van der Waals surface area contributed by atoms with Crippen molar-refractivity contribution in [1.82, 2.24) is 0 Å². The van der Waals surface area contributed by atoms with Crippen LogP contribution in [-0.2, 0) is 0 Å². The molecule has 1 heteroatoms. The van der Waals surface area contributed by atoms with Crippen LogP contribution in [0.15, 0.2) is 218 Å². The van der Waals surface area contributed by atoms with Crippen molar-refractivity contribution in [2.45, 2.75) is 6.92 Å². The fraction of sp³-hybridized carbons (Fsp3) is 0.0175. The Morgan fingerprint density at radius 2 is 0.810 bits per heavy atom. The van der Waals surface area contributed by atoms with Gasteiger partial charge >= 0.3 is 0 Å². The van der Waals surface area contributed by atoms with E-state index in [0.29, 0.717) is 0 Å². The Balaban J connectivity index is 1.02. The summed E-state index contributed by atoms with van der Waals surface area (Å²) in [6, 6.07) is 79.1. The Bertz CT molecular complexity index is 3030. The molecule has 0 heterocycles. The van der Waals surface area contributed by atoms with Crippen molar-refractivity contribution in [3.05, 3.63) is 235 Å². The molecule has 0 radical (unpaired) electrons. The summed E-state index contributed by atoms with van der Waals surface area (Å²) in [5, 5.41) is 7.51. The summed E-state index contributed by atoms with van der Waals surface area (Å²) >= 11 is 0. The van der Waals surface area contributed by atoms with Gasteiger partial charge in [0.1, 0.15) is 0 Å². The fourth-order valence-electron chi connectivity index (χ4n) is 8.60. The van der Waals surface area contributed by atoms with Crippen LogP contribution < -0.4 is 4.90 Å². The van der Waals surface area contributed by atoms with Crippen LogP contribution >= 0.6 is 0 Å². The summed E-state index contributed by atoms with van der Waals surface area (Å²) in [6.45, 7) is 2.15. The zero-order chi connectivity index (χ0) is 38.8. The highest BCUT2D eigenvalue weighted by atomic mass is 15.1. The van der Waals surface area contributed by atoms with Gasteiger partial charge in [0.2, 0.25) is 0 Å². The van der Waals surface area contributed by atoms with E-state index in [0.717, 1.165) is 17.1 Å². The maximum Gasteiger partial charge on any atom is 0.0464 e. The quantitative estimate of drug-likeness (QED) is 0.111. The molecule has 10 aromatic carbocycles. The summed E-state index contributed by atoms with van der Waals surface area (Å²) in [5.41, 5.74) is 14.4. The molecule has 0 aromatic heterocycles. The minimum atomic E-state index is 1.12. The van der Waals surface area contributed by atoms with E-state index in [-0.39, 0.29) is 0 Å². The molecule has 0 saturated heterocycles. The van der Waals surface area contributed by atoms with Crippen LogP contribution in [0.2, 0.25) is 0 Å². The first-order chi connectivity index (χ1) is 28.7. The van der Waals surface area contributed by atoms with Crippen molar-refractivity contribution in [1.29, 1.82) is 0 Å². The topological polar surface area (TPSA) is 3.24 Å². The second-order valence-corrected chi connectivity index (χ2v) is 15.0. The Morgan fingerprint density at radius 3 is 1.40 bits per heavy atom. The second-order valence-electron chi connectivity index (χ2n) is 15.0. The summed E-state index contributed by atoms with van der Waals surface area (Å²) in [5.74, 6) is 0. The molecule has 274 valence electrons. The van der Waals surface area contributed by atoms with Gasteiger partial charge < -0.3 is 4.90 Å². The summed E-state index contributed by atoms with van der Waals surface area (Å²) in [7, 11) is 0. The summed E-state index contributed by atoms with van der Waals surface area (Å²) in [4.78, 5) is 2.33. The first kappa shape index (κ1) is 35.0. The standard InChI is InChI=1S/C57H41N/c1-40-15-14-20-48(39-40)58(46-18-6-3-7-19-46)47-36-33-45(34-37-47)57-54-25-12-10-23-52(54)56(53-24-11-13-26-55(53)57)44-31-28-41(29-32-44)27-30-43-35-38-50(42-16-4-2-5-17-42)51-22-9-8-21-49(43)51/h2-39H,1H3/b30-27+. The molecule has 0 unspecified atom stereocenters. The lowest BCUT2D eigenvalue weighted by atomic mass is 9.86. The van der Waals surface area contributed by atoms with Crippen LogP contribution in [0, 0.1) is 6.92 Å². The number of benzene rings is 10. The number of fused-ring (bicyclic) bond motifs is 3. The maximum atomic E-state index is 2.33. The van der Waals surface area contributed by atoms with E-state index in [1.807, 2.05) is 0 Å². The number of para-hydroxylation sites is 1. The molecule has 0 saturated carbocycles. The van der Waals surface area contributed by atoms with E-state index in [1.165, 1.54) is 82.4 Å². The lowest BCUT2D eigenvalue weighted by Crippen LogP contribution is -2.09. The zero-order valence-electron chi connectivity index (χ0n) is 32.4. The fourth-order valence-corrected chi connectivity index (χ4v) is 8.60. The van der Waals surface area contributed by atoms with Crippen molar-refractivity contribution < 1.29 is 0 Å². The van der Waals surface area contributed by atoms with E-state index >= 15 is 0 Å². The minimum Gasteiger partial charge on any atom is -0.310 e. The molecule has 1 nitrogen and oxygen atoms in total. The highest BCUT2D eigenvalue weighted by Crippen LogP contribution is 2.45. The molecule has 0 N–H and O–H groups in total. The number of rotatable bonds is 8. The predicted molar refractivity (Wildman–Crippen MR) is 250 cm³/mol. The molecule has 0 fully saturated rings. The first-order valence-electron chi connectivity index (χ1n) is 20.0. The molecule has 0 spiro atoms. The maximum absolute atomic E-state index is 2.33. The SMILES string of the molecule is Cc1cccc(N(c2ccccc2)c2ccc(-c3c4ccccc4c(-c4ccc(/C=C/c5ccc(-c6ccccc6)c6ccccc56)cc4)c4ccccc34)cc2)c1. The molecule has 10 aromatic rings. The average Bonchev–Trinajstić information content (AvgIpc) is 3.29. The van der Waals surface area contributed by atoms with Crippen molar-refractivity contribution in [2.24, 2.45) is 0 Å². The monoisotopic (exact) mass is 739 g/mol. The molecule has 0 bridgehead atoms. The molecule has 0 aliphatic heterocycles. The smallest absolute Gasteiger partial charge is 0.0464 e. The molecular weight excluding hydrogens is 699 g/mol. The summed E-state index contributed by atoms with van der Waals surface area (Å²) < 4.78 is 0. The van der Waals surface area contributed by atoms with Crippen LogP contribution in [0.1, 0.15) is 16.7 Å². The number of aryl methyl sites for hydroxylation is 1. The normalized spacial score (nSPS) is 11.5. The minimum absolute atomic E-state index is 1.12. The van der Waals surface area contributed by atoms with E-state index in [4.69, 9.17) is 0 Å². The molecule has 0 amide bonds. The number of hydrogen-bond acceptors (Lipinski definition) is 1. The Morgan fingerprint density at radius 1 is 0.328 bits per heavy atom. The Labute approximate surface area is 340 Å². The van der Waals surface area contributed by atoms with Crippen molar-refractivity contribution in [3.63, 3.8) is 0 Å². The second kappa shape index (κ2) is 15.2. The van der Waals surface area contributed by atoms with E-state index in [1.54, 1.807) is 0 Å².